The van der Waals surface area contributed by atoms with Crippen LogP contribution in [0.15, 0.2) is 41.3 Å². The second-order valence-electron chi connectivity index (χ2n) is 5.33. The van der Waals surface area contributed by atoms with Crippen LogP contribution in [0.1, 0.15) is 5.56 Å². The van der Waals surface area contributed by atoms with E-state index < -0.39 is 18.2 Å². The maximum Gasteiger partial charge on any atom is 0.387 e. The van der Waals surface area contributed by atoms with Gasteiger partial charge in [-0.25, -0.2) is 8.78 Å². The van der Waals surface area contributed by atoms with E-state index in [0.29, 0.717) is 13.0 Å². The molecule has 146 valence electrons. The van der Waals surface area contributed by atoms with Crippen LogP contribution in [0.4, 0.5) is 17.6 Å². The second-order valence-corrected chi connectivity index (χ2v) is 6.34. The molecule has 0 fully saturated rings. The summed E-state index contributed by atoms with van der Waals surface area (Å²) in [7, 11) is 1.34. The van der Waals surface area contributed by atoms with E-state index in [1.54, 1.807) is 12.1 Å². The molecule has 0 heterocycles. The Bertz CT molecular complexity index is 789. The third-order valence-corrected chi connectivity index (χ3v) is 4.48. The molecule has 0 aliphatic carbocycles. The van der Waals surface area contributed by atoms with Crippen LogP contribution in [0, 0.1) is 11.6 Å². The Morgan fingerprint density at radius 3 is 2.59 bits per heavy atom. The summed E-state index contributed by atoms with van der Waals surface area (Å²) in [6.45, 7) is -2.66. The number of nitrogens with one attached hydrogen (secondary N) is 1. The van der Waals surface area contributed by atoms with Crippen molar-refractivity contribution in [2.75, 3.05) is 19.4 Å². The van der Waals surface area contributed by atoms with Crippen molar-refractivity contribution in [3.05, 3.63) is 53.6 Å². The van der Waals surface area contributed by atoms with Gasteiger partial charge in [-0.15, -0.1) is 11.8 Å². The van der Waals surface area contributed by atoms with Crippen molar-refractivity contribution in [2.24, 2.45) is 0 Å². The monoisotopic (exact) mass is 403 g/mol. The van der Waals surface area contributed by atoms with Crippen LogP contribution in [-0.2, 0) is 11.2 Å². The summed E-state index contributed by atoms with van der Waals surface area (Å²) >= 11 is 0.963. The van der Waals surface area contributed by atoms with Crippen molar-refractivity contribution in [1.29, 1.82) is 0 Å². The van der Waals surface area contributed by atoms with E-state index in [4.69, 9.17) is 4.74 Å². The zero-order chi connectivity index (χ0) is 19.8. The van der Waals surface area contributed by atoms with Crippen molar-refractivity contribution in [3.8, 4) is 11.5 Å². The number of halogens is 4. The van der Waals surface area contributed by atoms with Gasteiger partial charge < -0.3 is 14.8 Å². The van der Waals surface area contributed by atoms with Gasteiger partial charge in [-0.1, -0.05) is 6.07 Å². The van der Waals surface area contributed by atoms with Gasteiger partial charge in [0.15, 0.2) is 11.5 Å². The van der Waals surface area contributed by atoms with Crippen LogP contribution < -0.4 is 14.8 Å². The van der Waals surface area contributed by atoms with Crippen LogP contribution in [0.2, 0.25) is 0 Å². The van der Waals surface area contributed by atoms with Gasteiger partial charge in [0.1, 0.15) is 11.6 Å². The number of carbonyl (C=O) groups excluding carboxylic acids is 1. The van der Waals surface area contributed by atoms with E-state index in [-0.39, 0.29) is 28.1 Å². The summed E-state index contributed by atoms with van der Waals surface area (Å²) in [5, 5.41) is 2.67. The van der Waals surface area contributed by atoms with Crippen LogP contribution in [0.25, 0.3) is 0 Å². The molecule has 9 heteroatoms. The SMILES string of the molecule is COc1cc(CCNC(=O)CSc2ccc(F)cc2F)ccc1OC(F)F. The van der Waals surface area contributed by atoms with Crippen molar-refractivity contribution >= 4 is 17.7 Å². The first kappa shape index (κ1) is 20.9. The predicted molar refractivity (Wildman–Crippen MR) is 93.4 cm³/mol. The largest absolute Gasteiger partial charge is 0.493 e. The lowest BCUT2D eigenvalue weighted by atomic mass is 10.1. The summed E-state index contributed by atoms with van der Waals surface area (Å²) < 4.78 is 60.3. The third-order valence-electron chi connectivity index (χ3n) is 3.43. The quantitative estimate of drug-likeness (QED) is 0.507. The molecular formula is C18H17F4NO3S. The molecule has 1 amide bonds. The van der Waals surface area contributed by atoms with Gasteiger partial charge in [0.25, 0.3) is 0 Å². The number of ether oxygens (including phenoxy) is 2. The van der Waals surface area contributed by atoms with E-state index in [2.05, 4.69) is 10.1 Å². The van der Waals surface area contributed by atoms with E-state index in [1.165, 1.54) is 19.2 Å². The van der Waals surface area contributed by atoms with Crippen LogP contribution in [0.3, 0.4) is 0 Å². The Kier molecular flexibility index (Phi) is 7.78. The molecular weight excluding hydrogens is 386 g/mol. The van der Waals surface area contributed by atoms with E-state index in [0.717, 1.165) is 29.5 Å². The predicted octanol–water partition coefficient (Wildman–Crippen LogP) is 4.03. The van der Waals surface area contributed by atoms with Gasteiger partial charge in [-0.3, -0.25) is 4.79 Å². The lowest BCUT2D eigenvalue weighted by Crippen LogP contribution is -2.27. The summed E-state index contributed by atoms with van der Waals surface area (Å²) in [5.74, 6) is -1.63. The Balaban J connectivity index is 1.80. The number of benzene rings is 2. The van der Waals surface area contributed by atoms with E-state index >= 15 is 0 Å². The molecule has 2 aromatic rings. The van der Waals surface area contributed by atoms with Crippen molar-refractivity contribution < 1.29 is 31.8 Å². The molecule has 0 aromatic heterocycles. The van der Waals surface area contributed by atoms with Gasteiger partial charge in [0.2, 0.25) is 5.91 Å². The number of rotatable bonds is 9. The summed E-state index contributed by atoms with van der Waals surface area (Å²) in [5.41, 5.74) is 0.756. The number of alkyl halides is 2. The summed E-state index contributed by atoms with van der Waals surface area (Å²) in [6, 6.07) is 7.67. The Hall–Kier alpha value is -2.42. The van der Waals surface area contributed by atoms with Crippen LogP contribution >= 0.6 is 11.8 Å². The first-order valence-electron chi connectivity index (χ1n) is 7.85. The molecule has 1 N–H and O–H groups in total. The normalized spacial score (nSPS) is 10.7. The maximum atomic E-state index is 13.5. The van der Waals surface area contributed by atoms with Crippen molar-refractivity contribution in [2.45, 2.75) is 17.9 Å². The minimum Gasteiger partial charge on any atom is -0.493 e. The van der Waals surface area contributed by atoms with Gasteiger partial charge in [0, 0.05) is 17.5 Å². The third kappa shape index (κ3) is 6.67. The van der Waals surface area contributed by atoms with Crippen molar-refractivity contribution in [1.82, 2.24) is 5.32 Å². The second kappa shape index (κ2) is 10.1. The number of amides is 1. The van der Waals surface area contributed by atoms with Gasteiger partial charge in [0.05, 0.1) is 12.9 Å². The maximum absolute atomic E-state index is 13.5. The number of thioether (sulfide) groups is 1. The summed E-state index contributed by atoms with van der Waals surface area (Å²) in [4.78, 5) is 12.0. The fourth-order valence-electron chi connectivity index (χ4n) is 2.19. The Morgan fingerprint density at radius 1 is 1.15 bits per heavy atom. The summed E-state index contributed by atoms with van der Waals surface area (Å²) in [6.07, 6.45) is 0.437. The Morgan fingerprint density at radius 2 is 1.93 bits per heavy atom. The highest BCUT2D eigenvalue weighted by Crippen LogP contribution is 2.29. The fourth-order valence-corrected chi connectivity index (χ4v) is 2.94. The smallest absolute Gasteiger partial charge is 0.387 e. The van der Waals surface area contributed by atoms with Crippen molar-refractivity contribution in [3.63, 3.8) is 0 Å². The average Bonchev–Trinajstić information content (AvgIpc) is 2.61. The molecule has 27 heavy (non-hydrogen) atoms. The van der Waals surface area contributed by atoms with Crippen LogP contribution in [-0.4, -0.2) is 31.9 Å². The molecule has 0 atom stereocenters. The molecule has 2 aromatic carbocycles. The highest BCUT2D eigenvalue weighted by molar-refractivity contribution is 8.00. The molecule has 0 aliphatic rings. The van der Waals surface area contributed by atoms with E-state index in [1.807, 2.05) is 0 Å². The topological polar surface area (TPSA) is 47.6 Å². The average molecular weight is 403 g/mol. The van der Waals surface area contributed by atoms with Gasteiger partial charge >= 0.3 is 6.61 Å². The number of methoxy groups -OCH3 is 1. The zero-order valence-corrected chi connectivity index (χ0v) is 15.1. The molecule has 0 saturated heterocycles. The number of hydrogen-bond donors (Lipinski definition) is 1. The molecule has 0 bridgehead atoms. The lowest BCUT2D eigenvalue weighted by Gasteiger charge is -2.11. The highest BCUT2D eigenvalue weighted by Gasteiger charge is 2.11. The number of hydrogen-bond acceptors (Lipinski definition) is 4. The number of carbonyl (C=O) groups is 1. The minimum atomic E-state index is -2.95. The molecule has 0 saturated carbocycles. The molecule has 4 nitrogen and oxygen atoms in total. The standard InChI is InChI=1S/C18H17F4NO3S/c1-25-15-8-11(2-4-14(15)26-18(21)22)6-7-23-17(24)10-27-16-5-3-12(19)9-13(16)20/h2-5,8-9,18H,6-7,10H2,1H3,(H,23,24). The first-order valence-corrected chi connectivity index (χ1v) is 8.84. The molecule has 0 spiro atoms. The van der Waals surface area contributed by atoms with Crippen LogP contribution in [0.5, 0.6) is 11.5 Å². The molecule has 2 rings (SSSR count). The first-order chi connectivity index (χ1) is 12.9. The molecule has 0 aliphatic heterocycles. The highest BCUT2D eigenvalue weighted by atomic mass is 32.2. The van der Waals surface area contributed by atoms with E-state index in [9.17, 15) is 22.4 Å². The fraction of sp³-hybridized carbons (Fsp3) is 0.278. The zero-order valence-electron chi connectivity index (χ0n) is 14.3. The van der Waals surface area contributed by atoms with Gasteiger partial charge in [-0.05, 0) is 36.2 Å². The molecule has 0 radical (unpaired) electrons. The molecule has 0 unspecified atom stereocenters. The Labute approximate surface area is 157 Å². The van der Waals surface area contributed by atoms with Gasteiger partial charge in [-0.2, -0.15) is 8.78 Å². The minimum absolute atomic E-state index is 0.0208. The lowest BCUT2D eigenvalue weighted by molar-refractivity contribution is -0.118.